The van der Waals surface area contributed by atoms with Crippen LogP contribution in [0.25, 0.3) is 5.65 Å². The number of nitrogens with zero attached hydrogens (tertiary/aromatic N) is 5. The molecule has 0 bridgehead atoms. The second-order valence-electron chi connectivity index (χ2n) is 6.85. The van der Waals surface area contributed by atoms with E-state index in [0.29, 0.717) is 31.5 Å². The zero-order chi connectivity index (χ0) is 19.1. The van der Waals surface area contributed by atoms with Crippen molar-refractivity contribution in [2.45, 2.75) is 52.1 Å². The van der Waals surface area contributed by atoms with Crippen LogP contribution in [0.15, 0.2) is 29.4 Å². The smallest absolute Gasteiger partial charge is 0.224 e. The first kappa shape index (κ1) is 22.4. The van der Waals surface area contributed by atoms with Gasteiger partial charge in [0.1, 0.15) is 6.54 Å². The number of likely N-dealkylation sites (tertiary alicyclic amines) is 1. The molecule has 1 saturated heterocycles. The van der Waals surface area contributed by atoms with E-state index in [4.69, 9.17) is 0 Å². The lowest BCUT2D eigenvalue weighted by molar-refractivity contribution is -0.134. The summed E-state index contributed by atoms with van der Waals surface area (Å²) in [6.45, 7) is 6.77. The van der Waals surface area contributed by atoms with Gasteiger partial charge in [0.15, 0.2) is 17.4 Å². The van der Waals surface area contributed by atoms with Gasteiger partial charge in [-0.2, -0.15) is 0 Å². The molecule has 0 spiro atoms. The Labute approximate surface area is 183 Å². The number of amides is 1. The van der Waals surface area contributed by atoms with E-state index >= 15 is 0 Å². The Kier molecular flexibility index (Phi) is 8.94. The third kappa shape index (κ3) is 5.79. The van der Waals surface area contributed by atoms with Crippen LogP contribution in [0.5, 0.6) is 0 Å². The molecule has 3 rings (SSSR count). The maximum Gasteiger partial charge on any atom is 0.224 e. The lowest BCUT2D eigenvalue weighted by Gasteiger charge is -2.33. The molecule has 1 atom stereocenters. The van der Waals surface area contributed by atoms with Gasteiger partial charge in [0.05, 0.1) is 0 Å². The molecule has 0 aliphatic carbocycles. The van der Waals surface area contributed by atoms with Gasteiger partial charge in [-0.25, -0.2) is 4.99 Å². The minimum absolute atomic E-state index is 0. The van der Waals surface area contributed by atoms with Crippen molar-refractivity contribution < 1.29 is 4.79 Å². The van der Waals surface area contributed by atoms with Crippen molar-refractivity contribution in [2.24, 2.45) is 4.99 Å². The van der Waals surface area contributed by atoms with Gasteiger partial charge in [0.2, 0.25) is 5.91 Å². The van der Waals surface area contributed by atoms with Crippen LogP contribution in [0.2, 0.25) is 0 Å². The van der Waals surface area contributed by atoms with Crippen LogP contribution in [-0.2, 0) is 11.3 Å². The lowest BCUT2D eigenvalue weighted by Crippen LogP contribution is -2.44. The van der Waals surface area contributed by atoms with Gasteiger partial charge in [-0.3, -0.25) is 9.20 Å². The van der Waals surface area contributed by atoms with Gasteiger partial charge in [-0.05, 0) is 45.2 Å². The number of hydrogen-bond donors (Lipinski definition) is 2. The summed E-state index contributed by atoms with van der Waals surface area (Å²) >= 11 is 0. The van der Waals surface area contributed by atoms with Crippen LogP contribution in [0.1, 0.15) is 45.4 Å². The van der Waals surface area contributed by atoms with Crippen molar-refractivity contribution in [1.29, 1.82) is 0 Å². The van der Waals surface area contributed by atoms with Gasteiger partial charge in [-0.15, -0.1) is 34.2 Å². The Hall–Kier alpha value is -1.91. The van der Waals surface area contributed by atoms with Crippen LogP contribution in [0, 0.1) is 0 Å². The first-order valence-electron chi connectivity index (χ1n) is 9.79. The first-order chi connectivity index (χ1) is 13.2. The molecule has 1 unspecified atom stereocenters. The predicted octanol–water partition coefficient (Wildman–Crippen LogP) is 2.19. The summed E-state index contributed by atoms with van der Waals surface area (Å²) in [6, 6.07) is 6.15. The van der Waals surface area contributed by atoms with Gasteiger partial charge < -0.3 is 15.5 Å². The minimum atomic E-state index is 0. The summed E-state index contributed by atoms with van der Waals surface area (Å²) in [4.78, 5) is 19.0. The fraction of sp³-hybridized carbons (Fsp3) is 0.579. The number of guanidine groups is 1. The molecular formula is C19H30IN7O. The third-order valence-corrected chi connectivity index (χ3v) is 4.86. The zero-order valence-corrected chi connectivity index (χ0v) is 18.9. The van der Waals surface area contributed by atoms with E-state index in [1.54, 1.807) is 0 Å². The van der Waals surface area contributed by atoms with E-state index < -0.39 is 0 Å². The number of aliphatic imine (C=N–C) groups is 1. The number of pyridine rings is 1. The monoisotopic (exact) mass is 499 g/mol. The summed E-state index contributed by atoms with van der Waals surface area (Å²) in [5.74, 6) is 1.68. The molecule has 1 amide bonds. The molecule has 1 fully saturated rings. The first-order valence-corrected chi connectivity index (χ1v) is 9.79. The molecule has 2 aromatic rings. The van der Waals surface area contributed by atoms with E-state index in [1.807, 2.05) is 40.6 Å². The number of halogens is 1. The summed E-state index contributed by atoms with van der Waals surface area (Å²) in [5.41, 5.74) is 0.807. The highest BCUT2D eigenvalue weighted by molar-refractivity contribution is 14.0. The molecule has 2 N–H and O–H groups in total. The fourth-order valence-electron chi connectivity index (χ4n) is 3.39. The molecule has 0 radical (unpaired) electrons. The SMILES string of the molecule is CCNC(=NCc1nnc2ccccn12)NCCC(=O)N1CCCCC1C.I. The molecule has 9 heteroatoms. The number of fused-ring (bicyclic) bond motifs is 1. The second kappa shape index (κ2) is 11.2. The van der Waals surface area contributed by atoms with Gasteiger partial charge in [-0.1, -0.05) is 6.07 Å². The van der Waals surface area contributed by atoms with Gasteiger partial charge in [0, 0.05) is 38.3 Å². The second-order valence-corrected chi connectivity index (χ2v) is 6.85. The number of carbonyl (C=O) groups is 1. The van der Waals surface area contributed by atoms with E-state index in [9.17, 15) is 4.79 Å². The van der Waals surface area contributed by atoms with E-state index in [2.05, 4.69) is 32.7 Å². The maximum absolute atomic E-state index is 12.4. The van der Waals surface area contributed by atoms with E-state index in [0.717, 1.165) is 37.4 Å². The molecule has 0 saturated carbocycles. The van der Waals surface area contributed by atoms with Crippen molar-refractivity contribution in [2.75, 3.05) is 19.6 Å². The van der Waals surface area contributed by atoms with E-state index in [1.165, 1.54) is 6.42 Å². The number of nitrogens with one attached hydrogen (secondary N) is 2. The van der Waals surface area contributed by atoms with Crippen LogP contribution >= 0.6 is 24.0 Å². The van der Waals surface area contributed by atoms with Crippen LogP contribution in [0.4, 0.5) is 0 Å². The zero-order valence-electron chi connectivity index (χ0n) is 16.6. The average Bonchev–Trinajstić information content (AvgIpc) is 3.09. The van der Waals surface area contributed by atoms with Crippen LogP contribution < -0.4 is 10.6 Å². The van der Waals surface area contributed by atoms with Crippen LogP contribution in [-0.4, -0.2) is 57.0 Å². The highest BCUT2D eigenvalue weighted by atomic mass is 127. The quantitative estimate of drug-likeness (QED) is 0.362. The number of hydrogen-bond acceptors (Lipinski definition) is 4. The van der Waals surface area contributed by atoms with E-state index in [-0.39, 0.29) is 29.9 Å². The number of rotatable bonds is 6. The average molecular weight is 499 g/mol. The molecular weight excluding hydrogens is 469 g/mol. The van der Waals surface area contributed by atoms with Gasteiger partial charge in [0.25, 0.3) is 0 Å². The highest BCUT2D eigenvalue weighted by Gasteiger charge is 2.22. The Morgan fingerprint density at radius 1 is 1.29 bits per heavy atom. The summed E-state index contributed by atoms with van der Waals surface area (Å²) < 4.78 is 1.92. The maximum atomic E-state index is 12.4. The summed E-state index contributed by atoms with van der Waals surface area (Å²) in [5, 5.41) is 14.8. The third-order valence-electron chi connectivity index (χ3n) is 4.86. The normalized spacial score (nSPS) is 17.3. The van der Waals surface area contributed by atoms with Crippen LogP contribution in [0.3, 0.4) is 0 Å². The van der Waals surface area contributed by atoms with Crippen molar-refractivity contribution in [3.8, 4) is 0 Å². The number of aromatic nitrogens is 3. The molecule has 2 aromatic heterocycles. The Balaban J connectivity index is 0.00000280. The van der Waals surface area contributed by atoms with Crippen molar-refractivity contribution in [3.05, 3.63) is 30.2 Å². The Morgan fingerprint density at radius 3 is 2.93 bits per heavy atom. The summed E-state index contributed by atoms with van der Waals surface area (Å²) in [6.07, 6.45) is 5.84. The van der Waals surface area contributed by atoms with Gasteiger partial charge >= 0.3 is 0 Å². The van der Waals surface area contributed by atoms with Crippen molar-refractivity contribution >= 4 is 41.5 Å². The molecule has 1 aliphatic heterocycles. The predicted molar refractivity (Wildman–Crippen MR) is 121 cm³/mol. The molecule has 8 nitrogen and oxygen atoms in total. The Bertz CT molecular complexity index is 791. The van der Waals surface area contributed by atoms with Crippen molar-refractivity contribution in [1.82, 2.24) is 30.1 Å². The molecule has 1 aliphatic rings. The molecule has 28 heavy (non-hydrogen) atoms. The number of carbonyl (C=O) groups excluding carboxylic acids is 1. The number of piperidine rings is 1. The lowest BCUT2D eigenvalue weighted by atomic mass is 10.0. The molecule has 154 valence electrons. The molecule has 0 aromatic carbocycles. The Morgan fingerprint density at radius 2 is 2.14 bits per heavy atom. The van der Waals surface area contributed by atoms with Crippen molar-refractivity contribution in [3.63, 3.8) is 0 Å². The summed E-state index contributed by atoms with van der Waals surface area (Å²) in [7, 11) is 0. The highest BCUT2D eigenvalue weighted by Crippen LogP contribution is 2.16. The fourth-order valence-corrected chi connectivity index (χ4v) is 3.39. The largest absolute Gasteiger partial charge is 0.357 e. The minimum Gasteiger partial charge on any atom is -0.357 e. The topological polar surface area (TPSA) is 86.9 Å². The standard InChI is InChI=1S/C19H29N7O.HI/c1-3-20-19(21-11-10-18(27)25-12-6-4-8-15(25)2)22-14-17-24-23-16-9-5-7-13-26(16)17;/h5,7,9,13,15H,3-4,6,8,10-12,14H2,1-2H3,(H2,20,21,22);1H. The molecule has 3 heterocycles.